The van der Waals surface area contributed by atoms with Crippen LogP contribution in [0.5, 0.6) is 11.5 Å². The van der Waals surface area contributed by atoms with Gasteiger partial charge in [-0.05, 0) is 68.5 Å². The molecule has 0 aliphatic heterocycles. The van der Waals surface area contributed by atoms with Crippen molar-refractivity contribution >= 4 is 28.6 Å². The van der Waals surface area contributed by atoms with Crippen molar-refractivity contribution in [2.75, 3.05) is 32.3 Å². The number of esters is 1. The van der Waals surface area contributed by atoms with E-state index < -0.39 is 11.5 Å². The van der Waals surface area contributed by atoms with Crippen molar-refractivity contribution in [2.45, 2.75) is 59.9 Å². The second-order valence-electron chi connectivity index (χ2n) is 12.7. The van der Waals surface area contributed by atoms with Crippen molar-refractivity contribution in [3.05, 3.63) is 80.8 Å². The molecule has 0 unspecified atom stereocenters. The summed E-state index contributed by atoms with van der Waals surface area (Å²) < 4.78 is 18.5. The van der Waals surface area contributed by atoms with Crippen molar-refractivity contribution < 1.29 is 19.0 Å². The number of methoxy groups -OCH3 is 2. The number of fused-ring (bicyclic) bond motifs is 1. The van der Waals surface area contributed by atoms with E-state index in [4.69, 9.17) is 25.7 Å². The first-order valence-electron chi connectivity index (χ1n) is 14.7. The number of aromatic nitrogens is 3. The number of rotatable bonds is 8. The summed E-state index contributed by atoms with van der Waals surface area (Å²) in [6, 6.07) is 9.12. The number of ether oxygens (including phenoxy) is 3. The van der Waals surface area contributed by atoms with Gasteiger partial charge in [-0.2, -0.15) is 4.98 Å². The van der Waals surface area contributed by atoms with Crippen LogP contribution in [0.3, 0.4) is 0 Å². The fraction of sp³-hybridized carbons (Fsp3) is 0.371. The van der Waals surface area contributed by atoms with Crippen molar-refractivity contribution in [1.82, 2.24) is 14.5 Å². The molecular weight excluding hydrogens is 570 g/mol. The summed E-state index contributed by atoms with van der Waals surface area (Å²) in [6.07, 6.45) is 4.43. The molecule has 0 aliphatic rings. The van der Waals surface area contributed by atoms with E-state index in [1.165, 1.54) is 0 Å². The van der Waals surface area contributed by atoms with Gasteiger partial charge >= 0.3 is 5.97 Å². The summed E-state index contributed by atoms with van der Waals surface area (Å²) in [7, 11) is 3.12. The maximum atomic E-state index is 13.5. The van der Waals surface area contributed by atoms with Crippen LogP contribution < -0.4 is 26.4 Å². The topological polar surface area (TPSA) is 145 Å². The molecule has 4 rings (SSSR count). The second-order valence-corrected chi connectivity index (χ2v) is 12.7. The molecule has 4 N–H and O–H groups in total. The highest BCUT2D eigenvalue weighted by Gasteiger charge is 2.30. The zero-order valence-corrected chi connectivity index (χ0v) is 27.2. The second kappa shape index (κ2) is 12.9. The third-order valence-electron chi connectivity index (χ3n) is 7.31. The number of pyridine rings is 1. The quantitative estimate of drug-likeness (QED) is 0.200. The summed E-state index contributed by atoms with van der Waals surface area (Å²) in [4.78, 5) is 34.4. The smallest absolute Gasteiger partial charge is 0.343 e. The molecule has 0 saturated heterocycles. The van der Waals surface area contributed by atoms with Gasteiger partial charge in [0.05, 0.1) is 31.9 Å². The van der Waals surface area contributed by atoms with E-state index in [0.717, 1.165) is 12.0 Å². The Morgan fingerprint density at radius 1 is 1.02 bits per heavy atom. The van der Waals surface area contributed by atoms with Crippen LogP contribution in [0.25, 0.3) is 10.9 Å². The highest BCUT2D eigenvalue weighted by Crippen LogP contribution is 2.35. The molecule has 0 saturated carbocycles. The Kier molecular flexibility index (Phi) is 9.42. The molecule has 4 aromatic rings. The van der Waals surface area contributed by atoms with E-state index >= 15 is 0 Å². The molecule has 0 atom stereocenters. The largest absolute Gasteiger partial charge is 0.493 e. The van der Waals surface area contributed by atoms with Gasteiger partial charge in [-0.3, -0.25) is 4.79 Å². The molecule has 0 radical (unpaired) electrons. The number of carbonyl (C=O) groups is 1. The van der Waals surface area contributed by atoms with Gasteiger partial charge in [-0.1, -0.05) is 32.6 Å². The van der Waals surface area contributed by atoms with Crippen LogP contribution in [0.15, 0.2) is 47.5 Å². The van der Waals surface area contributed by atoms with Crippen LogP contribution in [-0.4, -0.2) is 41.3 Å². The van der Waals surface area contributed by atoms with Gasteiger partial charge in [0.1, 0.15) is 11.4 Å². The summed E-state index contributed by atoms with van der Waals surface area (Å²) in [6.45, 7) is 12.6. The summed E-state index contributed by atoms with van der Waals surface area (Å²) >= 11 is 0. The Morgan fingerprint density at radius 2 is 1.76 bits per heavy atom. The minimum absolute atomic E-state index is 0.00551. The van der Waals surface area contributed by atoms with Crippen LogP contribution in [0.1, 0.15) is 80.6 Å². The molecule has 0 amide bonds. The van der Waals surface area contributed by atoms with Gasteiger partial charge in [0.2, 0.25) is 11.4 Å². The van der Waals surface area contributed by atoms with E-state index in [1.54, 1.807) is 45.7 Å². The third-order valence-corrected chi connectivity index (χ3v) is 7.31. The van der Waals surface area contributed by atoms with E-state index in [9.17, 15) is 9.59 Å². The number of nitrogen functional groups attached to an aromatic ring is 2. The number of hydrogen-bond donors (Lipinski definition) is 2. The van der Waals surface area contributed by atoms with Crippen LogP contribution >= 0.6 is 0 Å². The first kappa shape index (κ1) is 32.9. The summed E-state index contributed by atoms with van der Waals surface area (Å²) in [5.74, 6) is 7.23. The molecule has 2 heterocycles. The van der Waals surface area contributed by atoms with Gasteiger partial charge in [0.25, 0.3) is 0 Å². The van der Waals surface area contributed by atoms with Crippen LogP contribution in [0.2, 0.25) is 0 Å². The van der Waals surface area contributed by atoms with Gasteiger partial charge < -0.3 is 30.2 Å². The van der Waals surface area contributed by atoms with Gasteiger partial charge in [-0.25, -0.2) is 9.78 Å². The van der Waals surface area contributed by atoms with E-state index in [2.05, 4.69) is 56.4 Å². The molecule has 10 nitrogen and oxygen atoms in total. The zero-order valence-electron chi connectivity index (χ0n) is 27.2. The molecular formula is C35H41N5O5. The SMILES string of the molecule is CCOC(=O)c1cn(C(C)(C)CC(C)(C)C)c2cc(C#Cc3cc(Cc4cnc(N)nc4N)cc(OC)c3OC)ccc2c1=O. The zero-order chi connectivity index (χ0) is 33.1. The Morgan fingerprint density at radius 3 is 2.38 bits per heavy atom. The van der Waals surface area contributed by atoms with Crippen LogP contribution in [0.4, 0.5) is 11.8 Å². The predicted molar refractivity (Wildman–Crippen MR) is 177 cm³/mol. The van der Waals surface area contributed by atoms with E-state index in [0.29, 0.717) is 51.3 Å². The Balaban J connectivity index is 1.87. The normalized spacial score (nSPS) is 11.6. The Hall–Kier alpha value is -5.04. The molecule has 45 heavy (non-hydrogen) atoms. The minimum Gasteiger partial charge on any atom is -0.493 e. The number of hydrogen-bond acceptors (Lipinski definition) is 9. The van der Waals surface area contributed by atoms with Crippen LogP contribution in [0, 0.1) is 17.3 Å². The minimum atomic E-state index is -0.637. The fourth-order valence-electron chi connectivity index (χ4n) is 5.79. The predicted octanol–water partition coefficient (Wildman–Crippen LogP) is 5.31. The first-order valence-corrected chi connectivity index (χ1v) is 14.7. The fourth-order valence-corrected chi connectivity index (χ4v) is 5.79. The molecule has 2 aromatic heterocycles. The number of nitrogens with two attached hydrogens (primary N) is 2. The van der Waals surface area contributed by atoms with Crippen molar-refractivity contribution in [1.29, 1.82) is 0 Å². The first-order chi connectivity index (χ1) is 21.2. The number of benzene rings is 2. The van der Waals surface area contributed by atoms with Gasteiger partial charge in [0, 0.05) is 40.9 Å². The molecule has 0 fully saturated rings. The van der Waals surface area contributed by atoms with Crippen molar-refractivity contribution in [3.63, 3.8) is 0 Å². The molecule has 2 aromatic carbocycles. The van der Waals surface area contributed by atoms with E-state index in [-0.39, 0.29) is 29.0 Å². The van der Waals surface area contributed by atoms with Gasteiger partial charge in [-0.15, -0.1) is 0 Å². The average Bonchev–Trinajstić information content (AvgIpc) is 2.96. The standard InChI is InChI=1S/C35H41N5O5/c1-9-45-32(42)26-19-40(35(5,6)20-34(2,3)4)27-16-21(11-13-25(27)29(26)41)10-12-23-14-22(17-28(43-7)30(23)44-8)15-24-18-38-33(37)39-31(24)36/h11,13-14,16-19H,9,15,20H2,1-8H3,(H4,36,37,38,39). The Labute approximate surface area is 263 Å². The van der Waals surface area contributed by atoms with Crippen molar-refractivity contribution in [2.24, 2.45) is 5.41 Å². The van der Waals surface area contributed by atoms with Gasteiger partial charge in [0.15, 0.2) is 11.5 Å². The lowest BCUT2D eigenvalue weighted by Crippen LogP contribution is -2.34. The maximum Gasteiger partial charge on any atom is 0.343 e. The number of anilines is 2. The summed E-state index contributed by atoms with van der Waals surface area (Å²) in [5, 5.41) is 0.414. The monoisotopic (exact) mass is 611 g/mol. The molecule has 236 valence electrons. The number of nitrogens with zero attached hydrogens (tertiary/aromatic N) is 3. The average molecular weight is 612 g/mol. The summed E-state index contributed by atoms with van der Waals surface area (Å²) in [5.41, 5.74) is 14.4. The lowest BCUT2D eigenvalue weighted by molar-refractivity contribution is 0.0523. The third kappa shape index (κ3) is 7.37. The lowest BCUT2D eigenvalue weighted by Gasteiger charge is -2.36. The maximum absolute atomic E-state index is 13.5. The van der Waals surface area contributed by atoms with Crippen LogP contribution in [-0.2, 0) is 16.7 Å². The molecule has 0 bridgehead atoms. The highest BCUT2D eigenvalue weighted by atomic mass is 16.5. The van der Waals surface area contributed by atoms with E-state index in [1.807, 2.05) is 22.8 Å². The lowest BCUT2D eigenvalue weighted by atomic mass is 9.81. The molecule has 10 heteroatoms. The number of carbonyl (C=O) groups excluding carboxylic acids is 1. The molecule has 0 aliphatic carbocycles. The molecule has 0 spiro atoms. The highest BCUT2D eigenvalue weighted by molar-refractivity contribution is 5.94. The van der Waals surface area contributed by atoms with Crippen molar-refractivity contribution in [3.8, 4) is 23.3 Å². The Bertz CT molecular complexity index is 1880.